The smallest absolute Gasteiger partial charge is 0.326 e. The van der Waals surface area contributed by atoms with Gasteiger partial charge >= 0.3 is 5.97 Å². The number of primary amides is 1. The first-order valence-corrected chi connectivity index (χ1v) is 13.2. The van der Waals surface area contributed by atoms with Crippen LogP contribution in [0.15, 0.2) is 30.3 Å². The van der Waals surface area contributed by atoms with Gasteiger partial charge in [-0.3, -0.25) is 19.2 Å². The van der Waals surface area contributed by atoms with Crippen molar-refractivity contribution in [2.45, 2.75) is 76.8 Å². The first kappa shape index (κ1) is 32.7. The molecule has 212 valence electrons. The van der Waals surface area contributed by atoms with Crippen molar-refractivity contribution in [3.05, 3.63) is 35.9 Å². The van der Waals surface area contributed by atoms with E-state index in [2.05, 4.69) is 10.6 Å². The van der Waals surface area contributed by atoms with Gasteiger partial charge in [-0.05, 0) is 63.6 Å². The molecule has 1 aromatic rings. The van der Waals surface area contributed by atoms with Gasteiger partial charge in [0.2, 0.25) is 17.7 Å². The lowest BCUT2D eigenvalue weighted by molar-refractivity contribution is -0.143. The second-order valence-electron chi connectivity index (χ2n) is 9.49. The lowest BCUT2D eigenvalue weighted by atomic mass is 9.90. The van der Waals surface area contributed by atoms with Crippen molar-refractivity contribution in [3.63, 3.8) is 0 Å². The highest BCUT2D eigenvalue weighted by Crippen LogP contribution is 2.18. The predicted octanol–water partition coefficient (Wildman–Crippen LogP) is 0.628. The van der Waals surface area contributed by atoms with Crippen LogP contribution in [0.1, 0.15) is 63.9 Å². The molecule has 3 amide bonds. The minimum Gasteiger partial charge on any atom is -0.480 e. The molecule has 0 heterocycles. The summed E-state index contributed by atoms with van der Waals surface area (Å²) in [4.78, 5) is 62.3. The van der Waals surface area contributed by atoms with Gasteiger partial charge in [0, 0.05) is 24.7 Å². The summed E-state index contributed by atoms with van der Waals surface area (Å²) >= 11 is 0. The van der Waals surface area contributed by atoms with Crippen molar-refractivity contribution in [3.8, 4) is 0 Å². The lowest BCUT2D eigenvalue weighted by Gasteiger charge is -2.24. The van der Waals surface area contributed by atoms with E-state index in [1.54, 1.807) is 0 Å². The number of ketones is 1. The lowest BCUT2D eigenvalue weighted by Crippen LogP contribution is -2.47. The number of amides is 3. The van der Waals surface area contributed by atoms with Gasteiger partial charge in [-0.25, -0.2) is 4.79 Å². The third-order valence-corrected chi connectivity index (χ3v) is 6.46. The van der Waals surface area contributed by atoms with Crippen LogP contribution in [0.4, 0.5) is 0 Å². The molecule has 4 atom stereocenters. The summed E-state index contributed by atoms with van der Waals surface area (Å²) in [5.74, 6) is -4.52. The van der Waals surface area contributed by atoms with Gasteiger partial charge < -0.3 is 32.9 Å². The predicted molar refractivity (Wildman–Crippen MR) is 144 cm³/mol. The molecule has 9 N–H and O–H groups in total. The molecule has 0 aliphatic rings. The number of carboxylic acid groups (broad SMARTS) is 1. The average molecular weight is 534 g/mol. The van der Waals surface area contributed by atoms with E-state index in [0.29, 0.717) is 38.6 Å². The Balaban J connectivity index is 3.00. The summed E-state index contributed by atoms with van der Waals surface area (Å²) in [6.45, 7) is 2.47. The molecule has 0 radical (unpaired) electrons. The number of hydrogen-bond acceptors (Lipinski definition) is 7. The highest BCUT2D eigenvalue weighted by Gasteiger charge is 2.31. The standard InChI is InChI=1S/C27H43N5O6/c1-2-19(16-18-8-4-3-5-9-18)25(35)31-21(10-6-14-28)23(33)17-20(12-13-24(30)34)26(36)32-22(27(37)38)11-7-15-29/h3-5,8-9,19-22H,2,6-7,10-17,28-29H2,1H3,(H2,30,34)(H,31,35)(H,32,36)(H,37,38)/t19-,20+,21+,22+/m1/s1. The molecular formula is C27H43N5O6. The van der Waals surface area contributed by atoms with Crippen molar-refractivity contribution < 1.29 is 29.1 Å². The number of rotatable bonds is 20. The topological polar surface area (TPSA) is 208 Å². The third kappa shape index (κ3) is 12.3. The van der Waals surface area contributed by atoms with Crippen LogP contribution in [0.5, 0.6) is 0 Å². The summed E-state index contributed by atoms with van der Waals surface area (Å²) in [5.41, 5.74) is 17.4. The van der Waals surface area contributed by atoms with E-state index in [1.165, 1.54) is 0 Å². The molecule has 0 aliphatic carbocycles. The summed E-state index contributed by atoms with van der Waals surface area (Å²) in [5, 5.41) is 14.7. The highest BCUT2D eigenvalue weighted by atomic mass is 16.4. The van der Waals surface area contributed by atoms with E-state index in [0.717, 1.165) is 5.56 Å². The Morgan fingerprint density at radius 1 is 0.842 bits per heavy atom. The van der Waals surface area contributed by atoms with E-state index in [4.69, 9.17) is 17.2 Å². The number of carboxylic acids is 1. The molecular weight excluding hydrogens is 490 g/mol. The van der Waals surface area contributed by atoms with Crippen molar-refractivity contribution in [1.29, 1.82) is 0 Å². The second kappa shape index (κ2) is 18.0. The van der Waals surface area contributed by atoms with E-state index in [-0.39, 0.29) is 49.8 Å². The maximum Gasteiger partial charge on any atom is 0.326 e. The number of nitrogens with one attached hydrogen (secondary N) is 2. The molecule has 0 spiro atoms. The fourth-order valence-corrected chi connectivity index (χ4v) is 4.14. The van der Waals surface area contributed by atoms with Crippen molar-refractivity contribution in [2.75, 3.05) is 13.1 Å². The average Bonchev–Trinajstić information content (AvgIpc) is 2.89. The number of Topliss-reactive ketones (excluding diaryl/α,β-unsaturated/α-hetero) is 1. The largest absolute Gasteiger partial charge is 0.480 e. The second-order valence-corrected chi connectivity index (χ2v) is 9.49. The molecule has 38 heavy (non-hydrogen) atoms. The molecule has 0 fully saturated rings. The van der Waals surface area contributed by atoms with Crippen molar-refractivity contribution >= 4 is 29.5 Å². The number of hydrogen-bond donors (Lipinski definition) is 6. The van der Waals surface area contributed by atoms with Crippen LogP contribution in [0.2, 0.25) is 0 Å². The van der Waals surface area contributed by atoms with E-state index in [9.17, 15) is 29.1 Å². The summed E-state index contributed by atoms with van der Waals surface area (Å²) in [7, 11) is 0. The Morgan fingerprint density at radius 3 is 1.92 bits per heavy atom. The van der Waals surface area contributed by atoms with Crippen LogP contribution in [0.25, 0.3) is 0 Å². The van der Waals surface area contributed by atoms with E-state index in [1.807, 2.05) is 37.3 Å². The third-order valence-electron chi connectivity index (χ3n) is 6.46. The summed E-state index contributed by atoms with van der Waals surface area (Å²) < 4.78 is 0. The maximum absolute atomic E-state index is 13.3. The zero-order chi connectivity index (χ0) is 28.5. The zero-order valence-electron chi connectivity index (χ0n) is 22.2. The van der Waals surface area contributed by atoms with Crippen LogP contribution < -0.4 is 27.8 Å². The Morgan fingerprint density at radius 2 is 1.39 bits per heavy atom. The van der Waals surface area contributed by atoms with Gasteiger partial charge in [-0.2, -0.15) is 0 Å². The highest BCUT2D eigenvalue weighted by molar-refractivity contribution is 5.94. The van der Waals surface area contributed by atoms with Crippen LogP contribution in [0, 0.1) is 11.8 Å². The molecule has 0 unspecified atom stereocenters. The molecule has 0 aliphatic heterocycles. The number of aliphatic carboxylic acids is 1. The zero-order valence-corrected chi connectivity index (χ0v) is 22.2. The van der Waals surface area contributed by atoms with E-state index >= 15 is 0 Å². The first-order valence-electron chi connectivity index (χ1n) is 13.2. The molecule has 11 nitrogen and oxygen atoms in total. The maximum atomic E-state index is 13.3. The van der Waals surface area contributed by atoms with Gasteiger partial charge in [0.05, 0.1) is 6.04 Å². The quantitative estimate of drug-likeness (QED) is 0.140. The number of carbonyl (C=O) groups excluding carboxylic acids is 4. The molecule has 1 rings (SSSR count). The van der Waals surface area contributed by atoms with Gasteiger partial charge in [0.1, 0.15) is 6.04 Å². The molecule has 0 saturated heterocycles. The van der Waals surface area contributed by atoms with Crippen molar-refractivity contribution in [2.24, 2.45) is 29.0 Å². The molecule has 1 aromatic carbocycles. The monoisotopic (exact) mass is 533 g/mol. The van der Waals surface area contributed by atoms with E-state index < -0.39 is 35.8 Å². The molecule has 11 heteroatoms. The Hall–Kier alpha value is -3.31. The Labute approximate surface area is 224 Å². The van der Waals surface area contributed by atoms with Crippen LogP contribution in [-0.2, 0) is 30.4 Å². The van der Waals surface area contributed by atoms with Gasteiger partial charge in [-0.15, -0.1) is 0 Å². The molecule has 0 aromatic heterocycles. The summed E-state index contributed by atoms with van der Waals surface area (Å²) in [6, 6.07) is 7.53. The van der Waals surface area contributed by atoms with Crippen LogP contribution in [0.3, 0.4) is 0 Å². The number of benzene rings is 1. The Kier molecular flexibility index (Phi) is 15.5. The summed E-state index contributed by atoms with van der Waals surface area (Å²) in [6.07, 6.45) is 1.91. The molecule has 0 saturated carbocycles. The van der Waals surface area contributed by atoms with Gasteiger partial charge in [0.15, 0.2) is 5.78 Å². The molecule has 0 bridgehead atoms. The minimum absolute atomic E-state index is 0.0285. The normalized spacial score (nSPS) is 14.1. The van der Waals surface area contributed by atoms with Crippen LogP contribution in [-0.4, -0.2) is 59.8 Å². The number of carbonyl (C=O) groups is 5. The van der Waals surface area contributed by atoms with Crippen LogP contribution >= 0.6 is 0 Å². The number of nitrogens with two attached hydrogens (primary N) is 3. The Bertz CT molecular complexity index is 910. The fraction of sp³-hybridized carbons (Fsp3) is 0.593. The first-order chi connectivity index (χ1) is 18.1. The van der Waals surface area contributed by atoms with Gasteiger partial charge in [-0.1, -0.05) is 37.3 Å². The fourth-order valence-electron chi connectivity index (χ4n) is 4.14. The van der Waals surface area contributed by atoms with Gasteiger partial charge in [0.25, 0.3) is 0 Å². The minimum atomic E-state index is -1.22. The SMILES string of the molecule is CC[C@H](Cc1ccccc1)C(=O)N[C@@H](CCCN)C(=O)C[C@H](CCC(N)=O)C(=O)N[C@@H](CCCN)C(=O)O. The van der Waals surface area contributed by atoms with Crippen molar-refractivity contribution in [1.82, 2.24) is 10.6 Å².